The summed E-state index contributed by atoms with van der Waals surface area (Å²) in [5.41, 5.74) is 2.58. The van der Waals surface area contributed by atoms with Crippen LogP contribution in [0, 0.1) is 12.7 Å². The Labute approximate surface area is 184 Å². The molecule has 1 aliphatic rings. The minimum Gasteiger partial charge on any atom is -0.494 e. The summed E-state index contributed by atoms with van der Waals surface area (Å²) < 4.78 is 22.5. The third kappa shape index (κ3) is 3.84. The molecule has 2 aromatic heterocycles. The number of hydrogen-bond donors (Lipinski definition) is 1. The third-order valence-electron chi connectivity index (χ3n) is 5.39. The molecule has 0 saturated carbocycles. The normalized spacial score (nSPS) is 15.3. The van der Waals surface area contributed by atoms with Crippen molar-refractivity contribution in [2.75, 3.05) is 12.4 Å². The van der Waals surface area contributed by atoms with Crippen LogP contribution in [0.15, 0.2) is 60.9 Å². The van der Waals surface area contributed by atoms with Gasteiger partial charge in [-0.25, -0.2) is 18.7 Å². The van der Waals surface area contributed by atoms with Gasteiger partial charge in [-0.1, -0.05) is 24.3 Å². The molecule has 0 unspecified atom stereocenters. The van der Waals surface area contributed by atoms with Crippen molar-refractivity contribution in [3.8, 4) is 11.4 Å². The Hall–Kier alpha value is -4.01. The highest BCUT2D eigenvalue weighted by Crippen LogP contribution is 2.31. The summed E-state index contributed by atoms with van der Waals surface area (Å²) in [4.78, 5) is 8.94. The number of nitrogens with zero attached hydrogens (tertiary/aromatic N) is 6. The molecule has 162 valence electrons. The van der Waals surface area contributed by atoms with E-state index in [-0.39, 0.29) is 11.7 Å². The van der Waals surface area contributed by atoms with Crippen LogP contribution >= 0.6 is 0 Å². The fourth-order valence-corrected chi connectivity index (χ4v) is 3.83. The molecular weight excluding hydrogens is 409 g/mol. The number of anilines is 2. The van der Waals surface area contributed by atoms with Crippen molar-refractivity contribution >= 4 is 11.6 Å². The van der Waals surface area contributed by atoms with Crippen molar-refractivity contribution in [2.24, 2.45) is 0 Å². The van der Waals surface area contributed by atoms with Crippen LogP contribution in [-0.4, -0.2) is 36.6 Å². The molecule has 3 heterocycles. The summed E-state index contributed by atoms with van der Waals surface area (Å²) >= 11 is 0. The standard InChI is InChI=1S/C23H22FN7O/c1-15-25-14-31(28-15)20-11-10-18(13-21(20)32-2)26-23-27-22-19(5-3-4-12-30(22)29-23)16-6-8-17(24)9-7-16/h3-4,6-11,13-14,19H,5,12H2,1-2H3,(H,26,29)/t19-/m0/s1. The van der Waals surface area contributed by atoms with E-state index in [0.717, 1.165) is 29.2 Å². The molecule has 0 aliphatic carbocycles. The Morgan fingerprint density at radius 2 is 1.94 bits per heavy atom. The van der Waals surface area contributed by atoms with Crippen molar-refractivity contribution < 1.29 is 9.13 Å². The zero-order valence-electron chi connectivity index (χ0n) is 17.7. The summed E-state index contributed by atoms with van der Waals surface area (Å²) in [6.07, 6.45) is 6.62. The van der Waals surface area contributed by atoms with Gasteiger partial charge < -0.3 is 10.1 Å². The maximum absolute atomic E-state index is 13.4. The van der Waals surface area contributed by atoms with Gasteiger partial charge >= 0.3 is 0 Å². The van der Waals surface area contributed by atoms with Gasteiger partial charge in [-0.2, -0.15) is 10.1 Å². The highest BCUT2D eigenvalue weighted by atomic mass is 19.1. The molecule has 0 spiro atoms. The maximum Gasteiger partial charge on any atom is 0.246 e. The van der Waals surface area contributed by atoms with E-state index >= 15 is 0 Å². The molecule has 4 aromatic rings. The van der Waals surface area contributed by atoms with Gasteiger partial charge in [-0.3, -0.25) is 0 Å². The van der Waals surface area contributed by atoms with Crippen LogP contribution in [0.25, 0.3) is 5.69 Å². The van der Waals surface area contributed by atoms with Gasteiger partial charge in [0.25, 0.3) is 0 Å². The van der Waals surface area contributed by atoms with Gasteiger partial charge in [-0.05, 0) is 43.2 Å². The van der Waals surface area contributed by atoms with Crippen molar-refractivity contribution in [3.05, 3.63) is 84.0 Å². The fourth-order valence-electron chi connectivity index (χ4n) is 3.83. The Bertz CT molecular complexity index is 1280. The number of benzene rings is 2. The first kappa shape index (κ1) is 19.9. The summed E-state index contributed by atoms with van der Waals surface area (Å²) in [6.45, 7) is 2.47. The summed E-state index contributed by atoms with van der Waals surface area (Å²) in [7, 11) is 1.61. The lowest BCUT2D eigenvalue weighted by molar-refractivity contribution is 0.412. The Balaban J connectivity index is 1.44. The number of fused-ring (bicyclic) bond motifs is 1. The molecule has 2 aromatic carbocycles. The second kappa shape index (κ2) is 8.26. The van der Waals surface area contributed by atoms with Crippen LogP contribution in [0.4, 0.5) is 16.0 Å². The maximum atomic E-state index is 13.4. The summed E-state index contributed by atoms with van der Waals surface area (Å²) in [5.74, 6) is 2.42. The molecule has 0 saturated heterocycles. The number of rotatable bonds is 5. The number of hydrogen-bond acceptors (Lipinski definition) is 6. The number of methoxy groups -OCH3 is 1. The van der Waals surface area contributed by atoms with E-state index in [4.69, 9.17) is 9.72 Å². The SMILES string of the molecule is COc1cc(Nc2nc3n(n2)CC=CC[C@H]3c2ccc(F)cc2)ccc1-n1cnc(C)n1. The monoisotopic (exact) mass is 431 g/mol. The van der Waals surface area contributed by atoms with Crippen molar-refractivity contribution in [2.45, 2.75) is 25.8 Å². The minimum atomic E-state index is -0.250. The van der Waals surface area contributed by atoms with E-state index in [1.54, 1.807) is 30.3 Å². The zero-order valence-corrected chi connectivity index (χ0v) is 17.7. The second-order valence-electron chi connectivity index (χ2n) is 7.53. The van der Waals surface area contributed by atoms with Crippen LogP contribution in [0.5, 0.6) is 5.75 Å². The van der Waals surface area contributed by atoms with E-state index in [1.165, 1.54) is 12.1 Å². The van der Waals surface area contributed by atoms with Gasteiger partial charge in [0.15, 0.2) is 0 Å². The summed E-state index contributed by atoms with van der Waals surface area (Å²) in [6, 6.07) is 12.3. The number of allylic oxidation sites excluding steroid dienone is 2. The molecule has 0 amide bonds. The average molecular weight is 431 g/mol. The lowest BCUT2D eigenvalue weighted by Crippen LogP contribution is -2.08. The third-order valence-corrected chi connectivity index (χ3v) is 5.39. The highest BCUT2D eigenvalue weighted by molar-refractivity contribution is 5.61. The van der Waals surface area contributed by atoms with Crippen LogP contribution in [0.3, 0.4) is 0 Å². The first-order valence-electron chi connectivity index (χ1n) is 10.3. The first-order chi connectivity index (χ1) is 15.6. The largest absolute Gasteiger partial charge is 0.494 e. The second-order valence-corrected chi connectivity index (χ2v) is 7.53. The van der Waals surface area contributed by atoms with Gasteiger partial charge in [-0.15, -0.1) is 5.10 Å². The Morgan fingerprint density at radius 3 is 2.69 bits per heavy atom. The van der Waals surface area contributed by atoms with Crippen LogP contribution in [0.1, 0.15) is 29.6 Å². The highest BCUT2D eigenvalue weighted by Gasteiger charge is 2.23. The fraction of sp³-hybridized carbons (Fsp3) is 0.217. The predicted octanol–water partition coefficient (Wildman–Crippen LogP) is 4.15. The number of ether oxygens (including phenoxy) is 1. The predicted molar refractivity (Wildman–Crippen MR) is 118 cm³/mol. The Kier molecular flexibility index (Phi) is 5.14. The lowest BCUT2D eigenvalue weighted by Gasteiger charge is -2.13. The number of nitrogens with one attached hydrogen (secondary N) is 1. The summed E-state index contributed by atoms with van der Waals surface area (Å²) in [5, 5.41) is 12.3. The zero-order chi connectivity index (χ0) is 22.1. The molecule has 5 rings (SSSR count). The lowest BCUT2D eigenvalue weighted by atomic mass is 9.95. The van der Waals surface area contributed by atoms with Crippen LogP contribution < -0.4 is 10.1 Å². The topological polar surface area (TPSA) is 82.7 Å². The molecule has 8 nitrogen and oxygen atoms in total. The van der Waals surface area contributed by atoms with Crippen molar-refractivity contribution in [3.63, 3.8) is 0 Å². The molecule has 9 heteroatoms. The quantitative estimate of drug-likeness (QED) is 0.478. The van der Waals surface area contributed by atoms with Gasteiger partial charge in [0.05, 0.1) is 13.7 Å². The molecule has 0 radical (unpaired) electrons. The Morgan fingerprint density at radius 1 is 1.09 bits per heavy atom. The van der Waals surface area contributed by atoms with Crippen LogP contribution in [-0.2, 0) is 6.54 Å². The van der Waals surface area contributed by atoms with Crippen molar-refractivity contribution in [1.29, 1.82) is 0 Å². The molecule has 1 atom stereocenters. The molecule has 1 aliphatic heterocycles. The molecule has 0 bridgehead atoms. The van der Waals surface area contributed by atoms with E-state index in [0.29, 0.717) is 24.1 Å². The average Bonchev–Trinajstić information content (AvgIpc) is 3.35. The molecule has 1 N–H and O–H groups in total. The molecule has 32 heavy (non-hydrogen) atoms. The van der Waals surface area contributed by atoms with E-state index in [9.17, 15) is 4.39 Å². The van der Waals surface area contributed by atoms with E-state index < -0.39 is 0 Å². The van der Waals surface area contributed by atoms with E-state index in [2.05, 4.69) is 32.7 Å². The van der Waals surface area contributed by atoms with Gasteiger partial charge in [0, 0.05) is 17.7 Å². The smallest absolute Gasteiger partial charge is 0.246 e. The van der Waals surface area contributed by atoms with Crippen LogP contribution in [0.2, 0.25) is 0 Å². The number of aryl methyl sites for hydroxylation is 1. The number of aromatic nitrogens is 6. The first-order valence-corrected chi connectivity index (χ1v) is 10.3. The van der Waals surface area contributed by atoms with Crippen molar-refractivity contribution in [1.82, 2.24) is 29.5 Å². The minimum absolute atomic E-state index is 0.00451. The number of halogens is 1. The molecule has 0 fully saturated rings. The van der Waals surface area contributed by atoms with Gasteiger partial charge in [0.1, 0.15) is 35.2 Å². The molecular formula is C23H22FN7O. The van der Waals surface area contributed by atoms with E-state index in [1.807, 2.05) is 29.8 Å². The van der Waals surface area contributed by atoms with Gasteiger partial charge in [0.2, 0.25) is 5.95 Å².